The van der Waals surface area contributed by atoms with Crippen LogP contribution in [0.5, 0.6) is 0 Å². The van der Waals surface area contributed by atoms with Crippen LogP contribution in [0.4, 0.5) is 0 Å². The number of ketones is 1. The van der Waals surface area contributed by atoms with Crippen LogP contribution in [0.25, 0.3) is 0 Å². The standard InChI is InChI=1S/C16H27NO/c1-8-9-10-11-13(18)12(15(2,3)4)14(17-11)16(5,6)7/h8-10H2,1-7H3. The molecule has 0 fully saturated rings. The fourth-order valence-electron chi connectivity index (χ4n) is 2.25. The monoisotopic (exact) mass is 249 g/mol. The van der Waals surface area contributed by atoms with Crippen LogP contribution in [0.15, 0.2) is 16.3 Å². The van der Waals surface area contributed by atoms with E-state index in [-0.39, 0.29) is 16.6 Å². The van der Waals surface area contributed by atoms with Crippen molar-refractivity contribution >= 4 is 11.5 Å². The average Bonchev–Trinajstić information content (AvgIpc) is 2.51. The summed E-state index contributed by atoms with van der Waals surface area (Å²) in [7, 11) is 0. The molecule has 2 nitrogen and oxygen atoms in total. The Morgan fingerprint density at radius 3 is 1.89 bits per heavy atom. The van der Waals surface area contributed by atoms with Crippen molar-refractivity contribution in [3.63, 3.8) is 0 Å². The Morgan fingerprint density at radius 2 is 1.56 bits per heavy atom. The van der Waals surface area contributed by atoms with Gasteiger partial charge in [0.1, 0.15) is 0 Å². The molecule has 18 heavy (non-hydrogen) atoms. The first kappa shape index (κ1) is 15.1. The van der Waals surface area contributed by atoms with Gasteiger partial charge < -0.3 is 0 Å². The fraction of sp³-hybridized carbons (Fsp3) is 0.750. The van der Waals surface area contributed by atoms with Crippen LogP contribution in [-0.2, 0) is 4.79 Å². The summed E-state index contributed by atoms with van der Waals surface area (Å²) in [4.78, 5) is 17.2. The molecule has 0 aromatic carbocycles. The SMILES string of the molecule is CCCCC1=NC(C(C)(C)C)=C(C(C)(C)C)C1=O. The van der Waals surface area contributed by atoms with Gasteiger partial charge in [0.05, 0.1) is 11.4 Å². The van der Waals surface area contributed by atoms with Crippen molar-refractivity contribution < 1.29 is 4.79 Å². The van der Waals surface area contributed by atoms with E-state index in [0.29, 0.717) is 0 Å². The third-order valence-electron chi connectivity index (χ3n) is 3.20. The van der Waals surface area contributed by atoms with Gasteiger partial charge in [-0.25, -0.2) is 0 Å². The third-order valence-corrected chi connectivity index (χ3v) is 3.20. The lowest BCUT2D eigenvalue weighted by Crippen LogP contribution is -2.23. The summed E-state index contributed by atoms with van der Waals surface area (Å²) in [5.74, 6) is 0.181. The van der Waals surface area contributed by atoms with E-state index in [4.69, 9.17) is 0 Å². The van der Waals surface area contributed by atoms with Gasteiger partial charge in [-0.05, 0) is 18.3 Å². The summed E-state index contributed by atoms with van der Waals surface area (Å²) >= 11 is 0. The van der Waals surface area contributed by atoms with Crippen LogP contribution in [0, 0.1) is 10.8 Å². The van der Waals surface area contributed by atoms with E-state index in [9.17, 15) is 4.79 Å². The van der Waals surface area contributed by atoms with Gasteiger partial charge in [0, 0.05) is 11.0 Å². The smallest absolute Gasteiger partial charge is 0.205 e. The van der Waals surface area contributed by atoms with Crippen LogP contribution in [0.1, 0.15) is 67.7 Å². The Balaban J connectivity index is 3.18. The van der Waals surface area contributed by atoms with Gasteiger partial charge in [-0.15, -0.1) is 0 Å². The molecule has 0 saturated heterocycles. The molecule has 2 heteroatoms. The Hall–Kier alpha value is -0.920. The van der Waals surface area contributed by atoms with Crippen molar-refractivity contribution in [1.82, 2.24) is 0 Å². The molecule has 102 valence electrons. The molecular weight excluding hydrogens is 222 g/mol. The van der Waals surface area contributed by atoms with Crippen LogP contribution in [0.2, 0.25) is 0 Å². The summed E-state index contributed by atoms with van der Waals surface area (Å²) in [5, 5.41) is 0. The highest BCUT2D eigenvalue weighted by molar-refractivity contribution is 6.48. The van der Waals surface area contributed by atoms with Crippen molar-refractivity contribution in [3.05, 3.63) is 11.3 Å². The van der Waals surface area contributed by atoms with E-state index in [2.05, 4.69) is 53.5 Å². The van der Waals surface area contributed by atoms with Gasteiger partial charge in [-0.2, -0.15) is 0 Å². The molecule has 0 aromatic rings. The van der Waals surface area contributed by atoms with Crippen LogP contribution in [-0.4, -0.2) is 11.5 Å². The number of hydrogen-bond donors (Lipinski definition) is 0. The van der Waals surface area contributed by atoms with Gasteiger partial charge in [-0.3, -0.25) is 9.79 Å². The summed E-state index contributed by atoms with van der Waals surface area (Å²) in [6.45, 7) is 14.8. The molecule has 0 saturated carbocycles. The number of rotatable bonds is 3. The maximum absolute atomic E-state index is 12.5. The van der Waals surface area contributed by atoms with E-state index in [1.54, 1.807) is 0 Å². The Bertz CT molecular complexity index is 400. The molecule has 0 aliphatic carbocycles. The molecule has 0 amide bonds. The van der Waals surface area contributed by atoms with Gasteiger partial charge in [0.25, 0.3) is 0 Å². The van der Waals surface area contributed by atoms with Crippen molar-refractivity contribution in [2.75, 3.05) is 0 Å². The van der Waals surface area contributed by atoms with Crippen LogP contribution >= 0.6 is 0 Å². The highest BCUT2D eigenvalue weighted by atomic mass is 16.1. The minimum atomic E-state index is -0.128. The second-order valence-electron chi connectivity index (χ2n) is 7.21. The molecule has 0 bridgehead atoms. The molecule has 0 spiro atoms. The Kier molecular flexibility index (Phi) is 4.19. The Morgan fingerprint density at radius 1 is 1.00 bits per heavy atom. The second-order valence-corrected chi connectivity index (χ2v) is 7.21. The lowest BCUT2D eigenvalue weighted by molar-refractivity contribution is -0.110. The zero-order valence-electron chi connectivity index (χ0n) is 13.0. The summed E-state index contributed by atoms with van der Waals surface area (Å²) in [6, 6.07) is 0. The number of unbranched alkanes of at least 4 members (excludes halogenated alkanes) is 1. The predicted octanol–water partition coefficient (Wildman–Crippen LogP) is 4.55. The second kappa shape index (κ2) is 4.99. The lowest BCUT2D eigenvalue weighted by atomic mass is 9.77. The molecule has 1 aliphatic heterocycles. The van der Waals surface area contributed by atoms with E-state index in [0.717, 1.165) is 36.2 Å². The number of aliphatic imine (C=N–C) groups is 1. The topological polar surface area (TPSA) is 29.4 Å². The number of carbonyl (C=O) groups excluding carboxylic acids is 1. The maximum atomic E-state index is 12.5. The number of hydrogen-bond acceptors (Lipinski definition) is 2. The summed E-state index contributed by atoms with van der Waals surface area (Å²) in [5.41, 5.74) is 2.49. The maximum Gasteiger partial charge on any atom is 0.205 e. The van der Waals surface area contributed by atoms with E-state index in [1.807, 2.05) is 0 Å². The molecule has 1 rings (SSSR count). The molecule has 1 aliphatic rings. The van der Waals surface area contributed by atoms with Crippen molar-refractivity contribution in [1.29, 1.82) is 0 Å². The Labute approximate surface area is 112 Å². The molecule has 0 radical (unpaired) electrons. The lowest BCUT2D eigenvalue weighted by Gasteiger charge is -2.26. The van der Waals surface area contributed by atoms with Gasteiger partial charge in [0.15, 0.2) is 0 Å². The molecule has 1 heterocycles. The summed E-state index contributed by atoms with van der Waals surface area (Å²) < 4.78 is 0. The van der Waals surface area contributed by atoms with Crippen molar-refractivity contribution in [2.45, 2.75) is 67.7 Å². The van der Waals surface area contributed by atoms with Gasteiger partial charge >= 0.3 is 0 Å². The number of nitrogens with zero attached hydrogens (tertiary/aromatic N) is 1. The highest BCUT2D eigenvalue weighted by Crippen LogP contribution is 2.41. The van der Waals surface area contributed by atoms with E-state index in [1.165, 1.54) is 0 Å². The van der Waals surface area contributed by atoms with Crippen LogP contribution in [0.3, 0.4) is 0 Å². The highest BCUT2D eigenvalue weighted by Gasteiger charge is 2.38. The summed E-state index contributed by atoms with van der Waals surface area (Å²) in [6.07, 6.45) is 2.95. The molecule has 0 unspecified atom stereocenters. The first-order valence-corrected chi connectivity index (χ1v) is 6.96. The average molecular weight is 249 g/mol. The minimum Gasteiger partial charge on any atom is -0.288 e. The van der Waals surface area contributed by atoms with Gasteiger partial charge in [0.2, 0.25) is 5.78 Å². The molecule has 0 N–H and O–H groups in total. The number of Topliss-reactive ketones (excluding diaryl/α,β-unsaturated/α-hetero) is 1. The molecule has 0 atom stereocenters. The van der Waals surface area contributed by atoms with E-state index >= 15 is 0 Å². The first-order chi connectivity index (χ1) is 8.09. The number of carbonyl (C=O) groups is 1. The quantitative estimate of drug-likeness (QED) is 0.721. The van der Waals surface area contributed by atoms with Crippen molar-refractivity contribution in [2.24, 2.45) is 15.8 Å². The predicted molar refractivity (Wildman–Crippen MR) is 77.9 cm³/mol. The molecular formula is C16H27NO. The minimum absolute atomic E-state index is 0.0633. The largest absolute Gasteiger partial charge is 0.288 e. The zero-order valence-corrected chi connectivity index (χ0v) is 13.0. The van der Waals surface area contributed by atoms with Crippen LogP contribution < -0.4 is 0 Å². The molecule has 0 aromatic heterocycles. The van der Waals surface area contributed by atoms with Crippen molar-refractivity contribution in [3.8, 4) is 0 Å². The number of allylic oxidation sites excluding steroid dienone is 2. The van der Waals surface area contributed by atoms with Gasteiger partial charge in [-0.1, -0.05) is 54.9 Å². The van der Waals surface area contributed by atoms with E-state index < -0.39 is 0 Å². The fourth-order valence-corrected chi connectivity index (χ4v) is 2.25. The third kappa shape index (κ3) is 3.09. The normalized spacial score (nSPS) is 17.5. The first-order valence-electron chi connectivity index (χ1n) is 6.96. The zero-order chi connectivity index (χ0) is 14.1.